The molecule has 1 atom stereocenters. The van der Waals surface area contributed by atoms with Gasteiger partial charge in [0.05, 0.1) is 0 Å². The normalized spacial score (nSPS) is 18.9. The standard InChI is InChI=1S/C12H24N2O/c1-3-4-5-6-11(2)12(15)14-9-7-13-8-10-14/h11,13H,3-10H2,1-2H3. The Kier molecular flexibility index (Phi) is 5.69. The Morgan fingerprint density at radius 1 is 1.33 bits per heavy atom. The van der Waals surface area contributed by atoms with Gasteiger partial charge in [-0.3, -0.25) is 4.79 Å². The number of nitrogens with zero attached hydrogens (tertiary/aromatic N) is 1. The Hall–Kier alpha value is -0.570. The van der Waals surface area contributed by atoms with Crippen LogP contribution in [0.1, 0.15) is 39.5 Å². The molecule has 0 bridgehead atoms. The first kappa shape index (κ1) is 12.5. The molecular weight excluding hydrogens is 188 g/mol. The number of amides is 1. The van der Waals surface area contributed by atoms with Gasteiger partial charge in [-0.1, -0.05) is 33.1 Å². The third kappa shape index (κ3) is 4.20. The molecule has 0 aliphatic carbocycles. The Bertz CT molecular complexity index is 188. The summed E-state index contributed by atoms with van der Waals surface area (Å²) in [6.07, 6.45) is 4.72. The fraction of sp³-hybridized carbons (Fsp3) is 0.917. The quantitative estimate of drug-likeness (QED) is 0.703. The lowest BCUT2D eigenvalue weighted by Gasteiger charge is -2.29. The first-order chi connectivity index (χ1) is 7.25. The molecule has 3 nitrogen and oxygen atoms in total. The first-order valence-electron chi connectivity index (χ1n) is 6.25. The highest BCUT2D eigenvalue weighted by molar-refractivity contribution is 5.78. The van der Waals surface area contributed by atoms with Gasteiger partial charge in [-0.05, 0) is 6.42 Å². The molecule has 88 valence electrons. The summed E-state index contributed by atoms with van der Waals surface area (Å²) in [5, 5.41) is 3.27. The van der Waals surface area contributed by atoms with Gasteiger partial charge in [0.2, 0.25) is 5.91 Å². The van der Waals surface area contributed by atoms with Gasteiger partial charge in [0.15, 0.2) is 0 Å². The predicted molar refractivity (Wildman–Crippen MR) is 62.8 cm³/mol. The van der Waals surface area contributed by atoms with Crippen LogP contribution in [0.4, 0.5) is 0 Å². The Morgan fingerprint density at radius 2 is 2.00 bits per heavy atom. The number of nitrogens with one attached hydrogen (secondary N) is 1. The molecule has 1 aliphatic rings. The summed E-state index contributed by atoms with van der Waals surface area (Å²) in [7, 11) is 0. The summed E-state index contributed by atoms with van der Waals surface area (Å²) in [5.74, 6) is 0.572. The summed E-state index contributed by atoms with van der Waals surface area (Å²) in [6, 6.07) is 0. The fourth-order valence-corrected chi connectivity index (χ4v) is 2.02. The molecule has 0 aromatic heterocycles. The van der Waals surface area contributed by atoms with E-state index in [1.165, 1.54) is 19.3 Å². The maximum atomic E-state index is 12.0. The van der Waals surface area contributed by atoms with Crippen LogP contribution < -0.4 is 5.32 Å². The van der Waals surface area contributed by atoms with Crippen LogP contribution >= 0.6 is 0 Å². The van der Waals surface area contributed by atoms with Crippen molar-refractivity contribution in [3.05, 3.63) is 0 Å². The second-order valence-electron chi connectivity index (χ2n) is 4.47. The van der Waals surface area contributed by atoms with Gasteiger partial charge >= 0.3 is 0 Å². The van der Waals surface area contributed by atoms with E-state index in [1.54, 1.807) is 0 Å². The lowest BCUT2D eigenvalue weighted by Crippen LogP contribution is -2.48. The van der Waals surface area contributed by atoms with Crippen molar-refractivity contribution in [2.45, 2.75) is 39.5 Å². The van der Waals surface area contributed by atoms with Crippen LogP contribution in [0.5, 0.6) is 0 Å². The van der Waals surface area contributed by atoms with E-state index in [0.717, 1.165) is 32.6 Å². The number of hydrogen-bond donors (Lipinski definition) is 1. The summed E-state index contributed by atoms with van der Waals surface area (Å²) in [5.41, 5.74) is 0. The van der Waals surface area contributed by atoms with Crippen molar-refractivity contribution in [2.24, 2.45) is 5.92 Å². The monoisotopic (exact) mass is 212 g/mol. The number of rotatable bonds is 5. The SMILES string of the molecule is CCCCCC(C)C(=O)N1CCNCC1. The third-order valence-electron chi connectivity index (χ3n) is 3.09. The molecule has 0 aromatic rings. The van der Waals surface area contributed by atoms with E-state index in [9.17, 15) is 4.79 Å². The summed E-state index contributed by atoms with van der Waals surface area (Å²) in [6.45, 7) is 7.94. The fourth-order valence-electron chi connectivity index (χ4n) is 2.02. The van der Waals surface area contributed by atoms with Gasteiger partial charge < -0.3 is 10.2 Å². The van der Waals surface area contributed by atoms with Gasteiger partial charge in [0.25, 0.3) is 0 Å². The van der Waals surface area contributed by atoms with E-state index in [2.05, 4.69) is 19.2 Å². The van der Waals surface area contributed by atoms with Crippen LogP contribution in [-0.2, 0) is 4.79 Å². The maximum absolute atomic E-state index is 12.0. The smallest absolute Gasteiger partial charge is 0.225 e. The van der Waals surface area contributed by atoms with Crippen molar-refractivity contribution in [1.29, 1.82) is 0 Å². The zero-order valence-corrected chi connectivity index (χ0v) is 10.1. The first-order valence-corrected chi connectivity index (χ1v) is 6.25. The summed E-state index contributed by atoms with van der Waals surface area (Å²) >= 11 is 0. The topological polar surface area (TPSA) is 32.3 Å². The van der Waals surface area contributed by atoms with E-state index >= 15 is 0 Å². The van der Waals surface area contributed by atoms with Crippen LogP contribution in [0.3, 0.4) is 0 Å². The lowest BCUT2D eigenvalue weighted by atomic mass is 10.0. The second-order valence-corrected chi connectivity index (χ2v) is 4.47. The minimum absolute atomic E-state index is 0.217. The molecule has 1 aliphatic heterocycles. The molecule has 1 rings (SSSR count). The number of carbonyl (C=O) groups excluding carboxylic acids is 1. The largest absolute Gasteiger partial charge is 0.340 e. The van der Waals surface area contributed by atoms with Crippen molar-refractivity contribution in [2.75, 3.05) is 26.2 Å². The van der Waals surface area contributed by atoms with Gasteiger partial charge in [-0.2, -0.15) is 0 Å². The molecule has 0 radical (unpaired) electrons. The van der Waals surface area contributed by atoms with Crippen LogP contribution in [0.25, 0.3) is 0 Å². The molecule has 1 saturated heterocycles. The lowest BCUT2D eigenvalue weighted by molar-refractivity contribution is -0.135. The zero-order valence-electron chi connectivity index (χ0n) is 10.1. The third-order valence-corrected chi connectivity index (χ3v) is 3.09. The number of piperazine rings is 1. The van der Waals surface area contributed by atoms with Crippen LogP contribution in [0, 0.1) is 5.92 Å². The maximum Gasteiger partial charge on any atom is 0.225 e. The Morgan fingerprint density at radius 3 is 2.60 bits per heavy atom. The average molecular weight is 212 g/mol. The van der Waals surface area contributed by atoms with Crippen molar-refractivity contribution >= 4 is 5.91 Å². The van der Waals surface area contributed by atoms with Gasteiger partial charge in [0, 0.05) is 32.1 Å². The molecule has 1 heterocycles. The zero-order chi connectivity index (χ0) is 11.1. The molecule has 15 heavy (non-hydrogen) atoms. The van der Waals surface area contributed by atoms with E-state index < -0.39 is 0 Å². The summed E-state index contributed by atoms with van der Waals surface area (Å²) in [4.78, 5) is 14.0. The van der Waals surface area contributed by atoms with Crippen LogP contribution in [0.15, 0.2) is 0 Å². The van der Waals surface area contributed by atoms with Gasteiger partial charge in [0.1, 0.15) is 0 Å². The van der Waals surface area contributed by atoms with E-state index in [1.807, 2.05) is 4.90 Å². The highest BCUT2D eigenvalue weighted by Gasteiger charge is 2.21. The molecular formula is C12H24N2O. The van der Waals surface area contributed by atoms with Gasteiger partial charge in [-0.25, -0.2) is 0 Å². The highest BCUT2D eigenvalue weighted by atomic mass is 16.2. The van der Waals surface area contributed by atoms with Crippen molar-refractivity contribution < 1.29 is 4.79 Å². The van der Waals surface area contributed by atoms with Crippen molar-refractivity contribution in [1.82, 2.24) is 10.2 Å². The molecule has 1 amide bonds. The second kappa shape index (κ2) is 6.83. The van der Waals surface area contributed by atoms with E-state index in [-0.39, 0.29) is 5.92 Å². The molecule has 0 spiro atoms. The molecule has 1 fully saturated rings. The van der Waals surface area contributed by atoms with Crippen LogP contribution in [0.2, 0.25) is 0 Å². The molecule has 1 unspecified atom stereocenters. The average Bonchev–Trinajstić information content (AvgIpc) is 2.29. The van der Waals surface area contributed by atoms with E-state index in [0.29, 0.717) is 5.91 Å². The highest BCUT2D eigenvalue weighted by Crippen LogP contribution is 2.12. The van der Waals surface area contributed by atoms with E-state index in [4.69, 9.17) is 0 Å². The summed E-state index contributed by atoms with van der Waals surface area (Å²) < 4.78 is 0. The predicted octanol–water partition coefficient (Wildman–Crippen LogP) is 1.63. The molecule has 3 heteroatoms. The molecule has 1 N–H and O–H groups in total. The van der Waals surface area contributed by atoms with Gasteiger partial charge in [-0.15, -0.1) is 0 Å². The number of hydrogen-bond acceptors (Lipinski definition) is 2. The van der Waals surface area contributed by atoms with Crippen molar-refractivity contribution in [3.63, 3.8) is 0 Å². The minimum Gasteiger partial charge on any atom is -0.340 e. The molecule has 0 aromatic carbocycles. The van der Waals surface area contributed by atoms with Crippen LogP contribution in [-0.4, -0.2) is 37.0 Å². The molecule has 0 saturated carbocycles. The Balaban J connectivity index is 2.24. The van der Waals surface area contributed by atoms with Crippen molar-refractivity contribution in [3.8, 4) is 0 Å². The number of carbonyl (C=O) groups is 1. The minimum atomic E-state index is 0.217. The Labute approximate surface area is 93.2 Å². The number of unbranched alkanes of at least 4 members (excludes halogenated alkanes) is 2.